The molecule has 7 heteroatoms. The first-order valence-electron chi connectivity index (χ1n) is 10.1. The van der Waals surface area contributed by atoms with Crippen molar-refractivity contribution < 1.29 is 19.5 Å². The number of carbonyl (C=O) groups is 1. The molecule has 1 fully saturated rings. The van der Waals surface area contributed by atoms with E-state index in [1.165, 1.54) is 4.90 Å². The number of nitriles is 1. The maximum atomic E-state index is 11.0. The number of piperidine rings is 1. The first-order valence-corrected chi connectivity index (χ1v) is 10.1. The second kappa shape index (κ2) is 8.56. The Kier molecular flexibility index (Phi) is 5.68. The van der Waals surface area contributed by atoms with Crippen molar-refractivity contribution in [2.45, 2.75) is 32.3 Å². The van der Waals surface area contributed by atoms with Gasteiger partial charge in [0.05, 0.1) is 23.9 Å². The summed E-state index contributed by atoms with van der Waals surface area (Å²) in [4.78, 5) is 12.5. The number of hydrogen-bond donors (Lipinski definition) is 2. The second-order valence-corrected chi connectivity index (χ2v) is 7.70. The molecule has 0 saturated carbocycles. The Morgan fingerprint density at radius 3 is 2.77 bits per heavy atom. The van der Waals surface area contributed by atoms with Crippen LogP contribution < -0.4 is 0 Å². The largest absolute Gasteiger partial charge is 0.465 e. The van der Waals surface area contributed by atoms with Crippen molar-refractivity contribution in [2.75, 3.05) is 13.1 Å². The summed E-state index contributed by atoms with van der Waals surface area (Å²) in [6, 6.07) is 13.3. The van der Waals surface area contributed by atoms with E-state index in [2.05, 4.69) is 11.2 Å². The number of benzene rings is 2. The van der Waals surface area contributed by atoms with Crippen LogP contribution in [0.1, 0.15) is 36.1 Å². The number of aryl methyl sites for hydroxylation is 1. The Morgan fingerprint density at radius 1 is 1.27 bits per heavy atom. The molecule has 0 spiro atoms. The van der Waals surface area contributed by atoms with E-state index in [0.29, 0.717) is 35.7 Å². The van der Waals surface area contributed by atoms with Crippen LogP contribution in [-0.4, -0.2) is 39.5 Å². The van der Waals surface area contributed by atoms with Crippen molar-refractivity contribution in [1.82, 2.24) is 10.1 Å². The highest BCUT2D eigenvalue weighted by atomic mass is 16.5. The molecule has 2 N–H and O–H groups in total. The first-order chi connectivity index (χ1) is 14.6. The minimum absolute atomic E-state index is 0.189. The molecule has 1 saturated heterocycles. The zero-order valence-electron chi connectivity index (χ0n) is 16.5. The number of rotatable bonds is 5. The number of aromatic nitrogens is 1. The molecule has 1 aliphatic heterocycles. The van der Waals surface area contributed by atoms with E-state index in [1.807, 2.05) is 24.3 Å². The number of aliphatic hydroxyl groups excluding tert-OH is 1. The number of amides is 1. The number of fused-ring (bicyclic) bond motifs is 1. The second-order valence-electron chi connectivity index (χ2n) is 7.70. The number of likely N-dealkylation sites (tertiary alicyclic amines) is 1. The Hall–Kier alpha value is -3.37. The van der Waals surface area contributed by atoms with Gasteiger partial charge in [-0.3, -0.25) is 0 Å². The minimum Gasteiger partial charge on any atom is -0.465 e. The highest BCUT2D eigenvalue weighted by Gasteiger charge is 2.23. The van der Waals surface area contributed by atoms with Gasteiger partial charge < -0.3 is 19.6 Å². The molecule has 0 bridgehead atoms. The molecule has 0 radical (unpaired) electrons. The fraction of sp³-hybridized carbons (Fsp3) is 0.348. The van der Waals surface area contributed by atoms with Crippen molar-refractivity contribution in [1.29, 1.82) is 5.26 Å². The van der Waals surface area contributed by atoms with Gasteiger partial charge in [0.1, 0.15) is 0 Å². The van der Waals surface area contributed by atoms with Gasteiger partial charge in [-0.15, -0.1) is 0 Å². The summed E-state index contributed by atoms with van der Waals surface area (Å²) >= 11 is 0. The molecule has 30 heavy (non-hydrogen) atoms. The zero-order chi connectivity index (χ0) is 21.1. The molecule has 1 aliphatic rings. The summed E-state index contributed by atoms with van der Waals surface area (Å²) < 4.78 is 5.62. The molecular weight excluding hydrogens is 382 g/mol. The number of hydrogen-bond acceptors (Lipinski definition) is 5. The predicted octanol–water partition coefficient (Wildman–Crippen LogP) is 4.18. The molecule has 0 aliphatic carbocycles. The van der Waals surface area contributed by atoms with Crippen molar-refractivity contribution in [3.8, 4) is 17.2 Å². The molecule has 1 aromatic heterocycles. The van der Waals surface area contributed by atoms with Gasteiger partial charge in [0.2, 0.25) is 0 Å². The SMILES string of the molecule is N#Cc1cccc(-c2ccc3c(CCC4CCN(C(=O)O)CC4)noc3c2CO)c1. The van der Waals surface area contributed by atoms with Crippen molar-refractivity contribution >= 4 is 17.1 Å². The van der Waals surface area contributed by atoms with Gasteiger partial charge in [-0.25, -0.2) is 4.79 Å². The van der Waals surface area contributed by atoms with Gasteiger partial charge in [0.15, 0.2) is 5.58 Å². The fourth-order valence-corrected chi connectivity index (χ4v) is 4.23. The van der Waals surface area contributed by atoms with E-state index in [1.54, 1.807) is 12.1 Å². The lowest BCUT2D eigenvalue weighted by molar-refractivity contribution is 0.123. The molecule has 0 atom stereocenters. The highest BCUT2D eigenvalue weighted by Crippen LogP contribution is 2.33. The van der Waals surface area contributed by atoms with E-state index in [4.69, 9.17) is 14.9 Å². The van der Waals surface area contributed by atoms with Crippen LogP contribution in [0.25, 0.3) is 22.1 Å². The van der Waals surface area contributed by atoms with Crippen LogP contribution in [0, 0.1) is 17.2 Å². The zero-order valence-corrected chi connectivity index (χ0v) is 16.5. The Morgan fingerprint density at radius 2 is 2.07 bits per heavy atom. The third-order valence-electron chi connectivity index (χ3n) is 5.95. The Labute approximate surface area is 174 Å². The van der Waals surface area contributed by atoms with Gasteiger partial charge in [-0.05, 0) is 60.9 Å². The Balaban J connectivity index is 1.54. The number of nitrogens with zero attached hydrogens (tertiary/aromatic N) is 3. The smallest absolute Gasteiger partial charge is 0.407 e. The van der Waals surface area contributed by atoms with Crippen LogP contribution in [-0.2, 0) is 13.0 Å². The van der Waals surface area contributed by atoms with Crippen LogP contribution in [0.3, 0.4) is 0 Å². The van der Waals surface area contributed by atoms with Gasteiger partial charge in [-0.1, -0.05) is 23.4 Å². The predicted molar refractivity (Wildman–Crippen MR) is 111 cm³/mol. The standard InChI is InChI=1S/C23H23N3O4/c24-13-16-2-1-3-17(12-16)18-5-6-19-21(25-30-22(19)20(18)14-27)7-4-15-8-10-26(11-9-15)23(28)29/h1-3,5-6,12,15,27H,4,7-11,14H2,(H,28,29). The van der Waals surface area contributed by atoms with Gasteiger partial charge in [-0.2, -0.15) is 5.26 Å². The lowest BCUT2D eigenvalue weighted by Crippen LogP contribution is -2.37. The average molecular weight is 405 g/mol. The van der Waals surface area contributed by atoms with E-state index < -0.39 is 6.09 Å². The summed E-state index contributed by atoms with van der Waals surface area (Å²) in [7, 11) is 0. The fourth-order valence-electron chi connectivity index (χ4n) is 4.23. The molecule has 1 amide bonds. The van der Waals surface area contributed by atoms with Crippen LogP contribution in [0.5, 0.6) is 0 Å². The topological polar surface area (TPSA) is 111 Å². The molecule has 4 rings (SSSR count). The van der Waals surface area contributed by atoms with Crippen LogP contribution in [0.15, 0.2) is 40.9 Å². The average Bonchev–Trinajstić information content (AvgIpc) is 3.20. The maximum absolute atomic E-state index is 11.0. The summed E-state index contributed by atoms with van der Waals surface area (Å²) in [5.74, 6) is 0.470. The van der Waals surface area contributed by atoms with Crippen LogP contribution in [0.4, 0.5) is 4.79 Å². The van der Waals surface area contributed by atoms with E-state index >= 15 is 0 Å². The van der Waals surface area contributed by atoms with Crippen molar-refractivity contribution in [3.63, 3.8) is 0 Å². The molecule has 154 valence electrons. The van der Waals surface area contributed by atoms with Crippen molar-refractivity contribution in [2.24, 2.45) is 5.92 Å². The quantitative estimate of drug-likeness (QED) is 0.659. The first kappa shape index (κ1) is 19.9. The summed E-state index contributed by atoms with van der Waals surface area (Å²) in [6.45, 7) is 0.977. The Bertz CT molecular complexity index is 1110. The van der Waals surface area contributed by atoms with Crippen molar-refractivity contribution in [3.05, 3.63) is 53.2 Å². The molecule has 2 aromatic carbocycles. The molecular formula is C23H23N3O4. The van der Waals surface area contributed by atoms with Gasteiger partial charge >= 0.3 is 6.09 Å². The van der Waals surface area contributed by atoms with E-state index in [0.717, 1.165) is 47.9 Å². The van der Waals surface area contributed by atoms with Gasteiger partial charge in [0, 0.05) is 24.0 Å². The van der Waals surface area contributed by atoms with E-state index in [-0.39, 0.29) is 6.61 Å². The highest BCUT2D eigenvalue weighted by molar-refractivity contribution is 5.89. The molecule has 7 nitrogen and oxygen atoms in total. The normalized spacial score (nSPS) is 14.7. The summed E-state index contributed by atoms with van der Waals surface area (Å²) in [5.41, 5.74) is 4.33. The lowest BCUT2D eigenvalue weighted by Gasteiger charge is -2.29. The number of carboxylic acid groups (broad SMARTS) is 1. The lowest BCUT2D eigenvalue weighted by atomic mass is 9.91. The third kappa shape index (κ3) is 3.87. The number of aliphatic hydroxyl groups is 1. The van der Waals surface area contributed by atoms with Gasteiger partial charge in [0.25, 0.3) is 0 Å². The third-order valence-corrected chi connectivity index (χ3v) is 5.95. The molecule has 2 heterocycles. The maximum Gasteiger partial charge on any atom is 0.407 e. The minimum atomic E-state index is -0.844. The van der Waals surface area contributed by atoms with Crippen LogP contribution >= 0.6 is 0 Å². The molecule has 0 unspecified atom stereocenters. The van der Waals surface area contributed by atoms with Crippen LogP contribution in [0.2, 0.25) is 0 Å². The monoisotopic (exact) mass is 405 g/mol. The van der Waals surface area contributed by atoms with E-state index in [9.17, 15) is 9.90 Å². The summed E-state index contributed by atoms with van der Waals surface area (Å²) in [5, 5.41) is 33.4. The summed E-state index contributed by atoms with van der Waals surface area (Å²) in [6.07, 6.45) is 2.56. The molecule has 3 aromatic rings.